The molecule has 0 saturated carbocycles. The molecule has 0 aromatic heterocycles. The van der Waals surface area contributed by atoms with Crippen LogP contribution in [0.2, 0.25) is 5.02 Å². The van der Waals surface area contributed by atoms with Crippen molar-refractivity contribution in [2.24, 2.45) is 0 Å². The molecule has 0 saturated heterocycles. The number of carbonyl (C=O) groups excluding carboxylic acids is 3. The molecule has 26 heavy (non-hydrogen) atoms. The first-order valence-electron chi connectivity index (χ1n) is 7.87. The lowest BCUT2D eigenvalue weighted by molar-refractivity contribution is -0.125. The van der Waals surface area contributed by atoms with Crippen LogP contribution in [0.3, 0.4) is 0 Å². The molecule has 2 amide bonds. The summed E-state index contributed by atoms with van der Waals surface area (Å²) >= 11 is 5.75. The number of nitrogens with one attached hydrogen (secondary N) is 2. The van der Waals surface area contributed by atoms with Crippen molar-refractivity contribution >= 4 is 29.4 Å². The molecule has 2 aromatic rings. The maximum absolute atomic E-state index is 12.2. The number of hydrazine groups is 1. The molecule has 2 N–H and O–H groups in total. The van der Waals surface area contributed by atoms with E-state index in [4.69, 9.17) is 16.3 Å². The Morgan fingerprint density at radius 2 is 1.54 bits per heavy atom. The molecule has 0 bridgehead atoms. The van der Waals surface area contributed by atoms with Crippen LogP contribution in [0.25, 0.3) is 0 Å². The fourth-order valence-electron chi connectivity index (χ4n) is 2.54. The van der Waals surface area contributed by atoms with Gasteiger partial charge >= 0.3 is 5.97 Å². The fourth-order valence-corrected chi connectivity index (χ4v) is 2.67. The molecule has 2 rings (SSSR count). The minimum atomic E-state index is -0.650. The third-order valence-electron chi connectivity index (χ3n) is 3.64. The van der Waals surface area contributed by atoms with Crippen molar-refractivity contribution in [3.63, 3.8) is 0 Å². The summed E-state index contributed by atoms with van der Waals surface area (Å²) in [4.78, 5) is 35.8. The van der Waals surface area contributed by atoms with Gasteiger partial charge in [0.25, 0.3) is 11.8 Å². The molecule has 0 spiro atoms. The second-order valence-corrected chi connectivity index (χ2v) is 6.30. The highest BCUT2D eigenvalue weighted by atomic mass is 35.5. The number of hydrogen-bond donors (Lipinski definition) is 2. The van der Waals surface area contributed by atoms with Gasteiger partial charge in [0, 0.05) is 10.6 Å². The third-order valence-corrected chi connectivity index (χ3v) is 3.89. The third kappa shape index (κ3) is 5.07. The number of benzene rings is 2. The molecule has 0 radical (unpaired) electrons. The monoisotopic (exact) mass is 374 g/mol. The van der Waals surface area contributed by atoms with E-state index in [0.717, 1.165) is 16.7 Å². The predicted octanol–water partition coefficient (Wildman–Crippen LogP) is 2.88. The van der Waals surface area contributed by atoms with Crippen molar-refractivity contribution in [1.29, 1.82) is 0 Å². The van der Waals surface area contributed by atoms with Crippen molar-refractivity contribution in [3.8, 4) is 0 Å². The Labute approximate surface area is 156 Å². The Morgan fingerprint density at radius 1 is 0.962 bits per heavy atom. The van der Waals surface area contributed by atoms with Gasteiger partial charge in [-0.25, -0.2) is 4.79 Å². The lowest BCUT2D eigenvalue weighted by Crippen LogP contribution is -2.43. The number of amides is 2. The molecular formula is C19H19ClN2O4. The summed E-state index contributed by atoms with van der Waals surface area (Å²) in [5, 5.41) is 0.499. The summed E-state index contributed by atoms with van der Waals surface area (Å²) in [5.74, 6) is -1.74. The van der Waals surface area contributed by atoms with Gasteiger partial charge in [0.05, 0.1) is 5.56 Å². The van der Waals surface area contributed by atoms with Gasteiger partial charge in [0.2, 0.25) is 0 Å². The predicted molar refractivity (Wildman–Crippen MR) is 98.0 cm³/mol. The van der Waals surface area contributed by atoms with E-state index in [1.165, 1.54) is 12.1 Å². The van der Waals surface area contributed by atoms with Crippen LogP contribution in [0.1, 0.15) is 37.4 Å². The summed E-state index contributed by atoms with van der Waals surface area (Å²) in [6.07, 6.45) is 0. The van der Waals surface area contributed by atoms with Crippen LogP contribution in [0.4, 0.5) is 0 Å². The number of carbonyl (C=O) groups is 3. The molecule has 0 atom stereocenters. The largest absolute Gasteiger partial charge is 0.452 e. The maximum atomic E-state index is 12.2. The van der Waals surface area contributed by atoms with Crippen molar-refractivity contribution in [2.75, 3.05) is 6.61 Å². The molecule has 0 aliphatic carbocycles. The Balaban J connectivity index is 1.86. The van der Waals surface area contributed by atoms with E-state index in [1.807, 2.05) is 32.9 Å². The Kier molecular flexibility index (Phi) is 6.36. The summed E-state index contributed by atoms with van der Waals surface area (Å²) in [6.45, 7) is 5.05. The zero-order chi connectivity index (χ0) is 19.3. The van der Waals surface area contributed by atoms with Crippen LogP contribution in [0.5, 0.6) is 0 Å². The minimum absolute atomic E-state index is 0.331. The van der Waals surface area contributed by atoms with Crippen molar-refractivity contribution in [3.05, 3.63) is 69.2 Å². The van der Waals surface area contributed by atoms with Gasteiger partial charge in [0.15, 0.2) is 6.61 Å². The lowest BCUT2D eigenvalue weighted by atomic mass is 10.00. The standard InChI is InChI=1S/C19H19ClN2O4/c1-11-8-12(2)17(13(3)9-11)19(25)26-10-16(23)21-22-18(24)14-4-6-15(20)7-5-14/h4-9H,10H2,1-3H3,(H,21,23)(H,22,24). The highest BCUT2D eigenvalue weighted by Gasteiger charge is 2.16. The summed E-state index contributed by atoms with van der Waals surface area (Å²) in [6, 6.07) is 9.91. The van der Waals surface area contributed by atoms with Gasteiger partial charge in [-0.3, -0.25) is 20.4 Å². The van der Waals surface area contributed by atoms with E-state index < -0.39 is 24.4 Å². The van der Waals surface area contributed by atoms with Crippen LogP contribution < -0.4 is 10.9 Å². The van der Waals surface area contributed by atoms with E-state index in [-0.39, 0.29) is 0 Å². The molecule has 0 aliphatic rings. The Hall–Kier alpha value is -2.86. The topological polar surface area (TPSA) is 84.5 Å². The van der Waals surface area contributed by atoms with E-state index >= 15 is 0 Å². The lowest BCUT2D eigenvalue weighted by Gasteiger charge is -2.11. The van der Waals surface area contributed by atoms with Crippen LogP contribution in [0.15, 0.2) is 36.4 Å². The quantitative estimate of drug-likeness (QED) is 0.636. The van der Waals surface area contributed by atoms with Crippen molar-refractivity contribution < 1.29 is 19.1 Å². The number of aryl methyl sites for hydroxylation is 3. The zero-order valence-corrected chi connectivity index (χ0v) is 15.4. The number of rotatable bonds is 4. The first kappa shape index (κ1) is 19.5. The van der Waals surface area contributed by atoms with Gasteiger partial charge in [-0.2, -0.15) is 0 Å². The highest BCUT2D eigenvalue weighted by Crippen LogP contribution is 2.17. The summed E-state index contributed by atoms with van der Waals surface area (Å²) in [7, 11) is 0. The van der Waals surface area contributed by atoms with Crippen LogP contribution >= 0.6 is 11.6 Å². The number of halogens is 1. The van der Waals surface area contributed by atoms with Crippen molar-refractivity contribution in [1.82, 2.24) is 10.9 Å². The maximum Gasteiger partial charge on any atom is 0.339 e. The minimum Gasteiger partial charge on any atom is -0.452 e. The number of hydrogen-bond acceptors (Lipinski definition) is 4. The number of esters is 1. The molecule has 0 aliphatic heterocycles. The average molecular weight is 375 g/mol. The van der Waals surface area contributed by atoms with E-state index in [9.17, 15) is 14.4 Å². The molecule has 0 unspecified atom stereocenters. The molecular weight excluding hydrogens is 356 g/mol. The molecule has 7 heteroatoms. The first-order chi connectivity index (χ1) is 12.3. The van der Waals surface area contributed by atoms with Gasteiger partial charge < -0.3 is 4.74 Å². The summed E-state index contributed by atoms with van der Waals surface area (Å²) in [5.41, 5.74) is 7.80. The molecule has 6 nitrogen and oxygen atoms in total. The molecule has 2 aromatic carbocycles. The zero-order valence-electron chi connectivity index (χ0n) is 14.7. The smallest absolute Gasteiger partial charge is 0.339 e. The Morgan fingerprint density at radius 3 is 2.12 bits per heavy atom. The van der Waals surface area contributed by atoms with E-state index in [0.29, 0.717) is 16.1 Å². The average Bonchev–Trinajstić information content (AvgIpc) is 2.57. The number of ether oxygens (including phenoxy) is 1. The van der Waals surface area contributed by atoms with Gasteiger partial charge in [-0.1, -0.05) is 29.3 Å². The molecule has 0 fully saturated rings. The highest BCUT2D eigenvalue weighted by molar-refractivity contribution is 6.30. The Bertz CT molecular complexity index is 824. The SMILES string of the molecule is Cc1cc(C)c(C(=O)OCC(=O)NNC(=O)c2ccc(Cl)cc2)c(C)c1. The fraction of sp³-hybridized carbons (Fsp3) is 0.211. The van der Waals surface area contributed by atoms with E-state index in [2.05, 4.69) is 10.9 Å². The van der Waals surface area contributed by atoms with Crippen LogP contribution in [-0.2, 0) is 9.53 Å². The van der Waals surface area contributed by atoms with Crippen molar-refractivity contribution in [2.45, 2.75) is 20.8 Å². The van der Waals surface area contributed by atoms with Crippen LogP contribution in [0, 0.1) is 20.8 Å². The summed E-state index contributed by atoms with van der Waals surface area (Å²) < 4.78 is 5.03. The second kappa shape index (κ2) is 8.49. The molecule has 136 valence electrons. The van der Waals surface area contributed by atoms with Crippen LogP contribution in [-0.4, -0.2) is 24.4 Å². The van der Waals surface area contributed by atoms with Gasteiger partial charge in [0.1, 0.15) is 0 Å². The second-order valence-electron chi connectivity index (χ2n) is 5.86. The van der Waals surface area contributed by atoms with Gasteiger partial charge in [-0.05, 0) is 56.2 Å². The normalized spacial score (nSPS) is 10.2. The van der Waals surface area contributed by atoms with Gasteiger partial charge in [-0.15, -0.1) is 0 Å². The molecule has 0 heterocycles. The van der Waals surface area contributed by atoms with E-state index in [1.54, 1.807) is 12.1 Å². The first-order valence-corrected chi connectivity index (χ1v) is 8.25.